The number of carbonyl (C=O) groups is 1. The summed E-state index contributed by atoms with van der Waals surface area (Å²) in [6.07, 6.45) is 0. The summed E-state index contributed by atoms with van der Waals surface area (Å²) in [5.41, 5.74) is 2.23. The average Bonchev–Trinajstić information content (AvgIpc) is 2.91. The molecule has 0 saturated heterocycles. The Morgan fingerprint density at radius 2 is 2.04 bits per heavy atom. The Hall–Kier alpha value is -2.61. The molecule has 0 bridgehead atoms. The first-order valence-electron chi connectivity index (χ1n) is 8.35. The number of furan rings is 1. The number of hydrogen-bond donors (Lipinski definition) is 1. The Morgan fingerprint density at radius 1 is 1.26 bits per heavy atom. The molecule has 0 saturated carbocycles. The van der Waals surface area contributed by atoms with E-state index in [9.17, 15) is 4.79 Å². The molecular weight excluding hydrogens is 414 g/mol. The van der Waals surface area contributed by atoms with Crippen molar-refractivity contribution in [3.05, 3.63) is 45.4 Å². The van der Waals surface area contributed by atoms with Gasteiger partial charge in [-0.25, -0.2) is 0 Å². The van der Waals surface area contributed by atoms with Crippen molar-refractivity contribution >= 4 is 32.9 Å². The van der Waals surface area contributed by atoms with E-state index in [-0.39, 0.29) is 12.5 Å². The van der Waals surface area contributed by atoms with Gasteiger partial charge in [0.05, 0.1) is 7.11 Å². The molecule has 0 aliphatic heterocycles. The molecule has 3 rings (SSSR count). The van der Waals surface area contributed by atoms with Crippen LogP contribution < -0.4 is 14.8 Å². The van der Waals surface area contributed by atoms with Crippen molar-refractivity contribution < 1.29 is 18.7 Å². The van der Waals surface area contributed by atoms with Crippen molar-refractivity contribution in [2.75, 3.05) is 13.7 Å². The first-order valence-corrected chi connectivity index (χ1v) is 9.14. The second kappa shape index (κ2) is 7.96. The van der Waals surface area contributed by atoms with E-state index >= 15 is 0 Å². The summed E-state index contributed by atoms with van der Waals surface area (Å²) in [5, 5.41) is 3.52. The van der Waals surface area contributed by atoms with Crippen LogP contribution in [0.5, 0.6) is 11.6 Å². The minimum absolute atomic E-state index is 0.161. The van der Waals surface area contributed by atoms with Gasteiger partial charge >= 0.3 is 0 Å². The number of nitrogens with zero attached hydrogens (tertiary/aromatic N) is 2. The lowest BCUT2D eigenvalue weighted by Gasteiger charge is -2.11. The Balaban J connectivity index is 1.68. The van der Waals surface area contributed by atoms with Crippen LogP contribution >= 0.6 is 15.9 Å². The number of halogens is 1. The summed E-state index contributed by atoms with van der Waals surface area (Å²) in [5.74, 6) is 2.06. The van der Waals surface area contributed by atoms with Crippen LogP contribution in [0.4, 0.5) is 0 Å². The Kier molecular flexibility index (Phi) is 5.65. The van der Waals surface area contributed by atoms with Gasteiger partial charge in [0, 0.05) is 22.1 Å². The van der Waals surface area contributed by atoms with E-state index in [1.807, 2.05) is 32.0 Å². The first kappa shape index (κ1) is 19.2. The summed E-state index contributed by atoms with van der Waals surface area (Å²) >= 11 is 3.42. The molecular formula is C19H20BrN3O4. The number of amides is 1. The summed E-state index contributed by atoms with van der Waals surface area (Å²) in [7, 11) is 1.59. The number of carbonyl (C=O) groups excluding carboxylic acids is 1. The topological polar surface area (TPSA) is 86.5 Å². The third-order valence-corrected chi connectivity index (χ3v) is 4.66. The third kappa shape index (κ3) is 4.21. The van der Waals surface area contributed by atoms with Crippen molar-refractivity contribution in [2.45, 2.75) is 27.3 Å². The van der Waals surface area contributed by atoms with Crippen molar-refractivity contribution in [2.24, 2.45) is 0 Å². The second-order valence-corrected chi connectivity index (χ2v) is 6.98. The summed E-state index contributed by atoms with van der Waals surface area (Å²) in [4.78, 5) is 20.8. The van der Waals surface area contributed by atoms with Crippen LogP contribution in [0.15, 0.2) is 27.1 Å². The fraction of sp³-hybridized carbons (Fsp3) is 0.316. The SMILES string of the molecule is COc1ccc(Br)cc1CNC(=O)COc1nc(C)nc2oc(C)c(C)c12. The summed E-state index contributed by atoms with van der Waals surface area (Å²) in [6.45, 7) is 5.68. The maximum atomic E-state index is 12.2. The zero-order chi connectivity index (χ0) is 19.6. The van der Waals surface area contributed by atoms with E-state index in [2.05, 4.69) is 31.2 Å². The maximum absolute atomic E-state index is 12.2. The molecule has 3 aromatic rings. The van der Waals surface area contributed by atoms with Gasteiger partial charge in [-0.3, -0.25) is 4.79 Å². The van der Waals surface area contributed by atoms with E-state index in [0.717, 1.165) is 21.4 Å². The fourth-order valence-electron chi connectivity index (χ4n) is 2.68. The number of methoxy groups -OCH3 is 1. The predicted molar refractivity (Wildman–Crippen MR) is 104 cm³/mol. The van der Waals surface area contributed by atoms with Gasteiger partial charge in [-0.05, 0) is 39.0 Å². The van der Waals surface area contributed by atoms with Gasteiger partial charge in [-0.15, -0.1) is 0 Å². The number of aromatic nitrogens is 2. The Bertz CT molecular complexity index is 1000. The fourth-order valence-corrected chi connectivity index (χ4v) is 3.09. The quantitative estimate of drug-likeness (QED) is 0.638. The molecule has 8 heteroatoms. The Labute approximate surface area is 165 Å². The van der Waals surface area contributed by atoms with Gasteiger partial charge in [-0.1, -0.05) is 15.9 Å². The highest BCUT2D eigenvalue weighted by Crippen LogP contribution is 2.30. The normalized spacial score (nSPS) is 10.9. The second-order valence-electron chi connectivity index (χ2n) is 6.06. The molecule has 7 nitrogen and oxygen atoms in total. The van der Waals surface area contributed by atoms with Crippen molar-refractivity contribution in [3.8, 4) is 11.6 Å². The zero-order valence-corrected chi connectivity index (χ0v) is 17.1. The number of rotatable bonds is 6. The minimum atomic E-state index is -0.265. The molecule has 142 valence electrons. The van der Waals surface area contributed by atoms with Gasteiger partial charge in [-0.2, -0.15) is 9.97 Å². The van der Waals surface area contributed by atoms with E-state index in [0.29, 0.717) is 35.1 Å². The monoisotopic (exact) mass is 433 g/mol. The Morgan fingerprint density at radius 3 is 2.78 bits per heavy atom. The zero-order valence-electron chi connectivity index (χ0n) is 15.6. The van der Waals surface area contributed by atoms with Crippen LogP contribution in [0.2, 0.25) is 0 Å². The summed E-state index contributed by atoms with van der Waals surface area (Å²) in [6, 6.07) is 5.62. The number of ether oxygens (including phenoxy) is 2. The van der Waals surface area contributed by atoms with E-state index in [1.54, 1.807) is 14.0 Å². The minimum Gasteiger partial charge on any atom is -0.496 e. The molecule has 0 atom stereocenters. The molecule has 27 heavy (non-hydrogen) atoms. The average molecular weight is 434 g/mol. The van der Waals surface area contributed by atoms with Crippen LogP contribution in [0, 0.1) is 20.8 Å². The van der Waals surface area contributed by atoms with E-state index < -0.39 is 0 Å². The molecule has 0 radical (unpaired) electrons. The lowest BCUT2D eigenvalue weighted by Crippen LogP contribution is -2.28. The number of benzene rings is 1. The van der Waals surface area contributed by atoms with Crippen LogP contribution in [-0.4, -0.2) is 29.6 Å². The lowest BCUT2D eigenvalue weighted by molar-refractivity contribution is -0.123. The van der Waals surface area contributed by atoms with E-state index in [4.69, 9.17) is 13.9 Å². The highest BCUT2D eigenvalue weighted by molar-refractivity contribution is 9.10. The molecule has 0 aliphatic carbocycles. The highest BCUT2D eigenvalue weighted by Gasteiger charge is 2.17. The van der Waals surface area contributed by atoms with Crippen molar-refractivity contribution in [1.82, 2.24) is 15.3 Å². The van der Waals surface area contributed by atoms with Crippen LogP contribution in [0.3, 0.4) is 0 Å². The van der Waals surface area contributed by atoms with Gasteiger partial charge in [0.1, 0.15) is 22.7 Å². The molecule has 0 fully saturated rings. The molecule has 2 heterocycles. The van der Waals surface area contributed by atoms with Crippen molar-refractivity contribution in [1.29, 1.82) is 0 Å². The standard InChI is InChI=1S/C19H20BrN3O4/c1-10-11(2)27-19-17(10)18(22-12(3)23-19)26-9-16(24)21-8-13-7-14(20)5-6-15(13)25-4/h5-7H,8-9H2,1-4H3,(H,21,24). The number of hydrogen-bond acceptors (Lipinski definition) is 6. The first-order chi connectivity index (χ1) is 12.9. The number of aryl methyl sites for hydroxylation is 3. The van der Waals surface area contributed by atoms with Gasteiger partial charge < -0.3 is 19.2 Å². The van der Waals surface area contributed by atoms with Crippen molar-refractivity contribution in [3.63, 3.8) is 0 Å². The third-order valence-electron chi connectivity index (χ3n) is 4.17. The predicted octanol–water partition coefficient (Wildman–Crippen LogP) is 3.61. The lowest BCUT2D eigenvalue weighted by atomic mass is 10.2. The van der Waals surface area contributed by atoms with Gasteiger partial charge in [0.2, 0.25) is 11.6 Å². The maximum Gasteiger partial charge on any atom is 0.258 e. The molecule has 0 aliphatic rings. The van der Waals surface area contributed by atoms with Crippen LogP contribution in [0.25, 0.3) is 11.1 Å². The molecule has 0 spiro atoms. The van der Waals surface area contributed by atoms with Gasteiger partial charge in [0.15, 0.2) is 6.61 Å². The molecule has 1 aromatic carbocycles. The number of nitrogens with one attached hydrogen (secondary N) is 1. The summed E-state index contributed by atoms with van der Waals surface area (Å²) < 4.78 is 17.5. The molecule has 0 unspecified atom stereocenters. The number of fused-ring (bicyclic) bond motifs is 1. The largest absolute Gasteiger partial charge is 0.496 e. The molecule has 2 aromatic heterocycles. The molecule has 1 amide bonds. The van der Waals surface area contributed by atoms with E-state index in [1.165, 1.54) is 0 Å². The van der Waals surface area contributed by atoms with Gasteiger partial charge in [0.25, 0.3) is 5.91 Å². The van der Waals surface area contributed by atoms with Crippen LogP contribution in [0.1, 0.15) is 22.7 Å². The smallest absolute Gasteiger partial charge is 0.258 e. The highest BCUT2D eigenvalue weighted by atomic mass is 79.9. The molecule has 1 N–H and O–H groups in total. The van der Waals surface area contributed by atoms with Crippen LogP contribution in [-0.2, 0) is 11.3 Å².